The molecule has 0 fully saturated rings. The molecule has 1 aliphatic heterocycles. The number of alkyl halides is 1. The quantitative estimate of drug-likeness (QED) is 0.307. The van der Waals surface area contributed by atoms with Gasteiger partial charge < -0.3 is 5.11 Å². The Morgan fingerprint density at radius 3 is 2.59 bits per heavy atom. The molecule has 2 aromatic carbocycles. The number of carboxylic acid groups (broad SMARTS) is 1. The summed E-state index contributed by atoms with van der Waals surface area (Å²) in [5.74, 6) is -1.30. The van der Waals surface area contributed by atoms with Crippen LogP contribution in [0.15, 0.2) is 81.9 Å². The van der Waals surface area contributed by atoms with E-state index in [1.165, 1.54) is 5.01 Å². The Labute approximate surface area is 232 Å². The number of aromatic nitrogens is 1. The van der Waals surface area contributed by atoms with Crippen molar-refractivity contribution in [2.24, 2.45) is 5.10 Å². The van der Waals surface area contributed by atoms with E-state index in [1.807, 2.05) is 43.3 Å². The normalized spacial score (nSPS) is 19.2. The van der Waals surface area contributed by atoms with Gasteiger partial charge in [0, 0.05) is 44.3 Å². The monoisotopic (exact) mass is 621 g/mol. The number of halogens is 2. The lowest BCUT2D eigenvalue weighted by molar-refractivity contribution is -0.141. The molecule has 3 aromatic rings. The van der Waals surface area contributed by atoms with Crippen LogP contribution in [0.1, 0.15) is 36.9 Å². The molecule has 0 saturated heterocycles. The van der Waals surface area contributed by atoms with E-state index in [2.05, 4.69) is 62.2 Å². The number of pyridine rings is 1. The highest BCUT2D eigenvalue weighted by atomic mass is 79.9. The van der Waals surface area contributed by atoms with E-state index in [0.717, 1.165) is 55.5 Å². The minimum Gasteiger partial charge on any atom is -0.481 e. The molecule has 8 heteroatoms. The summed E-state index contributed by atoms with van der Waals surface area (Å²) < 4.78 is 0.951. The van der Waals surface area contributed by atoms with Gasteiger partial charge in [-0.2, -0.15) is 5.10 Å². The zero-order valence-electron chi connectivity index (χ0n) is 20.2. The third-order valence-corrected chi connectivity index (χ3v) is 7.83. The van der Waals surface area contributed by atoms with Crippen molar-refractivity contribution < 1.29 is 14.7 Å². The second kappa shape index (κ2) is 10.7. The molecule has 37 heavy (non-hydrogen) atoms. The summed E-state index contributed by atoms with van der Waals surface area (Å²) in [5.41, 5.74) is 6.47. The first kappa shape index (κ1) is 25.5. The molecule has 5 rings (SSSR count). The summed E-state index contributed by atoms with van der Waals surface area (Å²) in [6.07, 6.45) is 7.23. The van der Waals surface area contributed by atoms with Crippen LogP contribution in [0.3, 0.4) is 0 Å². The van der Waals surface area contributed by atoms with Crippen LogP contribution in [0.5, 0.6) is 0 Å². The fourth-order valence-electron chi connectivity index (χ4n) is 4.95. The molecule has 0 spiro atoms. The molecule has 2 aliphatic rings. The summed E-state index contributed by atoms with van der Waals surface area (Å²) in [4.78, 5) is 29.6. The van der Waals surface area contributed by atoms with E-state index in [4.69, 9.17) is 15.2 Å². The van der Waals surface area contributed by atoms with Crippen LogP contribution >= 0.6 is 31.9 Å². The molecular weight excluding hydrogens is 598 g/mol. The average molecular weight is 623 g/mol. The Hall–Kier alpha value is -3.10. The van der Waals surface area contributed by atoms with E-state index < -0.39 is 5.97 Å². The molecule has 1 aliphatic carbocycles. The van der Waals surface area contributed by atoms with Crippen LogP contribution in [-0.4, -0.2) is 43.6 Å². The maximum Gasteiger partial charge on any atom is 0.303 e. The number of carbonyl (C=O) groups excluding carboxylic acids is 1. The molecule has 1 amide bonds. The molecule has 0 bridgehead atoms. The lowest BCUT2D eigenvalue weighted by Gasteiger charge is -2.24. The van der Waals surface area contributed by atoms with Crippen LogP contribution < -0.4 is 0 Å². The van der Waals surface area contributed by atoms with Gasteiger partial charge in [-0.05, 0) is 42.7 Å². The van der Waals surface area contributed by atoms with Gasteiger partial charge in [-0.15, -0.1) is 0 Å². The number of carboxylic acids is 1. The van der Waals surface area contributed by atoms with Crippen molar-refractivity contribution in [1.82, 2.24) is 9.99 Å². The first-order valence-electron chi connectivity index (χ1n) is 12.1. The van der Waals surface area contributed by atoms with Crippen molar-refractivity contribution in [2.45, 2.75) is 43.5 Å². The van der Waals surface area contributed by atoms with Gasteiger partial charge in [0.25, 0.3) is 0 Å². The minimum absolute atomic E-state index is 0.103. The molecule has 1 aromatic heterocycles. The lowest BCUT2D eigenvalue weighted by Crippen LogP contribution is -2.34. The van der Waals surface area contributed by atoms with Gasteiger partial charge in [0.15, 0.2) is 0 Å². The zero-order valence-corrected chi connectivity index (χ0v) is 23.4. The molecule has 2 heterocycles. The minimum atomic E-state index is -1.00. The topological polar surface area (TPSA) is 82.9 Å². The first-order chi connectivity index (χ1) is 17.8. The number of carbonyl (C=O) groups is 2. The maximum absolute atomic E-state index is 13.2. The smallest absolute Gasteiger partial charge is 0.303 e. The van der Waals surface area contributed by atoms with Crippen LogP contribution in [0.25, 0.3) is 22.0 Å². The number of amides is 1. The summed E-state index contributed by atoms with van der Waals surface area (Å²) in [7, 11) is 0. The summed E-state index contributed by atoms with van der Waals surface area (Å²) in [6.45, 7) is 1.98. The van der Waals surface area contributed by atoms with Gasteiger partial charge in [0.05, 0.1) is 23.7 Å². The van der Waals surface area contributed by atoms with Crippen LogP contribution in [0.4, 0.5) is 0 Å². The van der Waals surface area contributed by atoms with Gasteiger partial charge in [0.2, 0.25) is 5.91 Å². The number of aryl methyl sites for hydroxylation is 1. The third-order valence-electron chi connectivity index (χ3n) is 6.66. The number of allylic oxidation sites excluding steroid dienone is 2. The SMILES string of the molecule is Cc1nc2ccc(Br)cc2c(-c2ccccc2)c1C1=NN(C(=O)CCC(=O)O)C(C2=CCC(Br)C=C2)C1. The summed E-state index contributed by atoms with van der Waals surface area (Å²) in [5, 5.41) is 16.5. The van der Waals surface area contributed by atoms with Crippen molar-refractivity contribution in [3.63, 3.8) is 0 Å². The van der Waals surface area contributed by atoms with Crippen LogP contribution in [-0.2, 0) is 9.59 Å². The number of aliphatic carboxylic acids is 1. The highest BCUT2D eigenvalue weighted by Gasteiger charge is 2.36. The standard InChI is InChI=1S/C29H25Br2N3O3/c1-17-28(29(19-5-3-2-4-6-19)22-15-21(31)11-12-23(22)32-17)24-16-25(18-7-9-20(30)10-8-18)34(33-24)26(35)13-14-27(36)37/h2-9,11-12,15,20,25H,10,13-14,16H2,1H3,(H,36,37). The van der Waals surface area contributed by atoms with Crippen molar-refractivity contribution in [1.29, 1.82) is 0 Å². The average Bonchev–Trinajstić information content (AvgIpc) is 3.32. The number of rotatable bonds is 6. The molecule has 1 N–H and O–H groups in total. The Kier molecular flexibility index (Phi) is 7.40. The number of hydrazone groups is 1. The van der Waals surface area contributed by atoms with Crippen molar-refractivity contribution in [3.8, 4) is 11.1 Å². The Balaban J connectivity index is 1.66. The maximum atomic E-state index is 13.2. The fraction of sp³-hybridized carbons (Fsp3) is 0.241. The largest absolute Gasteiger partial charge is 0.481 e. The van der Waals surface area contributed by atoms with Gasteiger partial charge >= 0.3 is 5.97 Å². The summed E-state index contributed by atoms with van der Waals surface area (Å²) in [6, 6.07) is 15.9. The first-order valence-corrected chi connectivity index (χ1v) is 13.8. The van der Waals surface area contributed by atoms with E-state index in [9.17, 15) is 9.59 Å². The number of hydrogen-bond acceptors (Lipinski definition) is 4. The van der Waals surface area contributed by atoms with Gasteiger partial charge in [0.1, 0.15) is 0 Å². The fourth-order valence-corrected chi connectivity index (χ4v) is 5.65. The zero-order chi connectivity index (χ0) is 26.1. The van der Waals surface area contributed by atoms with Crippen molar-refractivity contribution >= 4 is 60.4 Å². The number of benzene rings is 2. The number of nitrogens with zero attached hydrogens (tertiary/aromatic N) is 3. The van der Waals surface area contributed by atoms with E-state index in [1.54, 1.807) is 0 Å². The lowest BCUT2D eigenvalue weighted by atomic mass is 9.88. The van der Waals surface area contributed by atoms with E-state index >= 15 is 0 Å². The Morgan fingerprint density at radius 2 is 1.89 bits per heavy atom. The molecule has 188 valence electrons. The third kappa shape index (κ3) is 5.31. The van der Waals surface area contributed by atoms with Gasteiger partial charge in [-0.25, -0.2) is 5.01 Å². The second-order valence-electron chi connectivity index (χ2n) is 9.19. The molecule has 0 radical (unpaired) electrons. The van der Waals surface area contributed by atoms with Crippen molar-refractivity contribution in [2.75, 3.05) is 0 Å². The highest BCUT2D eigenvalue weighted by Crippen LogP contribution is 2.38. The predicted molar refractivity (Wildman–Crippen MR) is 153 cm³/mol. The van der Waals surface area contributed by atoms with Gasteiger partial charge in [-0.3, -0.25) is 14.6 Å². The molecule has 0 saturated carbocycles. The Morgan fingerprint density at radius 1 is 1.11 bits per heavy atom. The predicted octanol–water partition coefficient (Wildman–Crippen LogP) is 6.79. The summed E-state index contributed by atoms with van der Waals surface area (Å²) >= 11 is 7.23. The van der Waals surface area contributed by atoms with Crippen LogP contribution in [0.2, 0.25) is 0 Å². The molecule has 2 atom stereocenters. The highest BCUT2D eigenvalue weighted by molar-refractivity contribution is 9.10. The molecule has 2 unspecified atom stereocenters. The molecule has 6 nitrogen and oxygen atoms in total. The number of hydrogen-bond donors (Lipinski definition) is 1. The van der Waals surface area contributed by atoms with Crippen molar-refractivity contribution in [3.05, 3.63) is 88.1 Å². The van der Waals surface area contributed by atoms with E-state index in [0.29, 0.717) is 6.42 Å². The second-order valence-corrected chi connectivity index (χ2v) is 11.3. The Bertz CT molecular complexity index is 1480. The number of fused-ring (bicyclic) bond motifs is 1. The molecular formula is C29H25Br2N3O3. The van der Waals surface area contributed by atoms with Gasteiger partial charge in [-0.1, -0.05) is 80.4 Å². The van der Waals surface area contributed by atoms with E-state index in [-0.39, 0.29) is 29.6 Å². The van der Waals surface area contributed by atoms with Crippen LogP contribution in [0, 0.1) is 6.92 Å².